The van der Waals surface area contributed by atoms with E-state index in [1.54, 1.807) is 35.2 Å². The van der Waals surface area contributed by atoms with Crippen LogP contribution in [0.1, 0.15) is 24.0 Å². The molecule has 9 heteroatoms. The maximum atomic E-state index is 12.9. The van der Waals surface area contributed by atoms with Crippen molar-refractivity contribution in [2.24, 2.45) is 0 Å². The van der Waals surface area contributed by atoms with Crippen LogP contribution in [0.4, 0.5) is 10.5 Å². The minimum absolute atomic E-state index is 0.104. The highest BCUT2D eigenvalue weighted by molar-refractivity contribution is 7.89. The number of sulfonamides is 1. The van der Waals surface area contributed by atoms with Gasteiger partial charge in [0.2, 0.25) is 10.0 Å². The average Bonchev–Trinajstić information content (AvgIpc) is 2.74. The number of cyclic esters (lactones) is 1. The van der Waals surface area contributed by atoms with Crippen LogP contribution in [-0.4, -0.2) is 37.9 Å². The summed E-state index contributed by atoms with van der Waals surface area (Å²) < 4.78 is 32.6. The lowest BCUT2D eigenvalue weighted by Gasteiger charge is -2.39. The van der Waals surface area contributed by atoms with Crippen molar-refractivity contribution in [3.05, 3.63) is 58.6 Å². The highest BCUT2D eigenvalue weighted by atomic mass is 35.5. The SMILES string of the molecule is N#Cc1cccc(S(=O)(=O)N2CCC(N3C(=O)OCc4cc(Cl)ccc43)CC2)c1. The van der Waals surface area contributed by atoms with Crippen LogP contribution in [0.3, 0.4) is 0 Å². The van der Waals surface area contributed by atoms with Crippen molar-refractivity contribution in [1.82, 2.24) is 4.31 Å². The first-order chi connectivity index (χ1) is 13.9. The van der Waals surface area contributed by atoms with Gasteiger partial charge in [0.15, 0.2) is 0 Å². The smallest absolute Gasteiger partial charge is 0.414 e. The Balaban J connectivity index is 1.53. The number of carbonyl (C=O) groups excluding carboxylic acids is 1. The fourth-order valence-corrected chi connectivity index (χ4v) is 5.48. The Kier molecular flexibility index (Phi) is 5.21. The van der Waals surface area contributed by atoms with Gasteiger partial charge >= 0.3 is 6.09 Å². The van der Waals surface area contributed by atoms with Crippen LogP contribution in [0.15, 0.2) is 47.4 Å². The zero-order valence-electron chi connectivity index (χ0n) is 15.4. The van der Waals surface area contributed by atoms with E-state index >= 15 is 0 Å². The van der Waals surface area contributed by atoms with Crippen molar-refractivity contribution in [1.29, 1.82) is 5.26 Å². The number of amides is 1. The molecule has 1 saturated heterocycles. The second-order valence-corrected chi connectivity index (χ2v) is 9.35. The molecule has 0 saturated carbocycles. The number of ether oxygens (including phenoxy) is 1. The van der Waals surface area contributed by atoms with Crippen LogP contribution in [-0.2, 0) is 21.4 Å². The van der Waals surface area contributed by atoms with E-state index in [2.05, 4.69) is 0 Å². The van der Waals surface area contributed by atoms with E-state index in [9.17, 15) is 13.2 Å². The van der Waals surface area contributed by atoms with Gasteiger partial charge in [-0.05, 0) is 49.2 Å². The van der Waals surface area contributed by atoms with Gasteiger partial charge in [-0.1, -0.05) is 17.7 Å². The number of benzene rings is 2. The molecule has 0 radical (unpaired) electrons. The summed E-state index contributed by atoms with van der Waals surface area (Å²) in [5.41, 5.74) is 1.89. The van der Waals surface area contributed by atoms with Crippen molar-refractivity contribution in [3.63, 3.8) is 0 Å². The van der Waals surface area contributed by atoms with Crippen molar-refractivity contribution in [2.75, 3.05) is 18.0 Å². The van der Waals surface area contributed by atoms with E-state index in [0.717, 1.165) is 11.3 Å². The fraction of sp³-hybridized carbons (Fsp3) is 0.300. The van der Waals surface area contributed by atoms with Crippen LogP contribution in [0.2, 0.25) is 5.02 Å². The maximum absolute atomic E-state index is 12.9. The molecule has 0 aliphatic carbocycles. The van der Waals surface area contributed by atoms with E-state index in [1.807, 2.05) is 6.07 Å². The summed E-state index contributed by atoms with van der Waals surface area (Å²) in [5.74, 6) is 0. The molecule has 150 valence electrons. The second-order valence-electron chi connectivity index (χ2n) is 6.97. The van der Waals surface area contributed by atoms with Crippen LogP contribution in [0.25, 0.3) is 0 Å². The van der Waals surface area contributed by atoms with Gasteiger partial charge in [-0.25, -0.2) is 13.2 Å². The van der Waals surface area contributed by atoms with Gasteiger partial charge in [-0.15, -0.1) is 0 Å². The molecule has 2 heterocycles. The second kappa shape index (κ2) is 7.67. The van der Waals surface area contributed by atoms with Gasteiger partial charge < -0.3 is 4.74 Å². The predicted octanol–water partition coefficient (Wildman–Crippen LogP) is 3.52. The molecule has 0 atom stereocenters. The molecule has 29 heavy (non-hydrogen) atoms. The Labute approximate surface area is 174 Å². The molecule has 2 aliphatic rings. The van der Waals surface area contributed by atoms with Crippen molar-refractivity contribution in [2.45, 2.75) is 30.4 Å². The van der Waals surface area contributed by atoms with Crippen molar-refractivity contribution in [3.8, 4) is 6.07 Å². The van der Waals surface area contributed by atoms with Crippen LogP contribution >= 0.6 is 11.6 Å². The topological polar surface area (TPSA) is 90.7 Å². The maximum Gasteiger partial charge on any atom is 0.414 e. The summed E-state index contributed by atoms with van der Waals surface area (Å²) in [6, 6.07) is 13.1. The number of piperidine rings is 1. The fourth-order valence-electron chi connectivity index (χ4n) is 3.77. The number of rotatable bonds is 3. The zero-order chi connectivity index (χ0) is 20.6. The molecule has 0 bridgehead atoms. The van der Waals surface area contributed by atoms with Crippen molar-refractivity contribution < 1.29 is 17.9 Å². The molecule has 0 unspecified atom stereocenters. The average molecular weight is 432 g/mol. The van der Waals surface area contributed by atoms with E-state index in [4.69, 9.17) is 21.6 Å². The monoisotopic (exact) mass is 431 g/mol. The molecule has 2 aromatic carbocycles. The molecular formula is C20H18ClN3O4S. The highest BCUT2D eigenvalue weighted by Crippen LogP contribution is 2.34. The first-order valence-corrected chi connectivity index (χ1v) is 11.0. The third-order valence-corrected chi connectivity index (χ3v) is 7.37. The van der Waals surface area contributed by atoms with Crippen LogP contribution in [0, 0.1) is 11.3 Å². The Morgan fingerprint density at radius 1 is 1.14 bits per heavy atom. The first-order valence-electron chi connectivity index (χ1n) is 9.15. The van der Waals surface area contributed by atoms with Gasteiger partial charge in [0.25, 0.3) is 0 Å². The summed E-state index contributed by atoms with van der Waals surface area (Å²) in [5, 5.41) is 9.59. The largest absolute Gasteiger partial charge is 0.444 e. The Bertz CT molecular complexity index is 1100. The molecule has 7 nitrogen and oxygen atoms in total. The molecule has 1 fully saturated rings. The molecule has 4 rings (SSSR count). The van der Waals surface area contributed by atoms with Gasteiger partial charge in [0.05, 0.1) is 22.2 Å². The Morgan fingerprint density at radius 3 is 2.62 bits per heavy atom. The minimum atomic E-state index is -3.70. The first kappa shape index (κ1) is 19.7. The van der Waals surface area contributed by atoms with E-state index < -0.39 is 16.1 Å². The number of halogens is 1. The number of anilines is 1. The number of nitriles is 1. The lowest BCUT2D eigenvalue weighted by molar-refractivity contribution is 0.136. The summed E-state index contributed by atoms with van der Waals surface area (Å²) in [6.45, 7) is 0.723. The van der Waals surface area contributed by atoms with Gasteiger partial charge in [-0.2, -0.15) is 9.57 Å². The van der Waals surface area contributed by atoms with Gasteiger partial charge in [0, 0.05) is 29.7 Å². The number of fused-ring (bicyclic) bond motifs is 1. The zero-order valence-corrected chi connectivity index (χ0v) is 17.0. The number of hydrogen-bond acceptors (Lipinski definition) is 5. The van der Waals surface area contributed by atoms with Crippen molar-refractivity contribution >= 4 is 33.4 Å². The van der Waals surface area contributed by atoms with Crippen LogP contribution < -0.4 is 4.90 Å². The standard InChI is InChI=1S/C20H18ClN3O4S/c21-16-4-5-19-15(11-16)13-28-20(25)24(19)17-6-8-23(9-7-17)29(26,27)18-3-1-2-14(10-18)12-22/h1-5,10-11,17H,6-9,13H2. The lowest BCUT2D eigenvalue weighted by Crippen LogP contribution is -2.50. The molecule has 2 aromatic rings. The van der Waals surface area contributed by atoms with E-state index in [1.165, 1.54) is 16.4 Å². The predicted molar refractivity (Wildman–Crippen MR) is 107 cm³/mol. The third-order valence-electron chi connectivity index (χ3n) is 5.24. The number of carbonyl (C=O) groups is 1. The lowest BCUT2D eigenvalue weighted by atomic mass is 10.0. The molecular weight excluding hydrogens is 414 g/mol. The summed E-state index contributed by atoms with van der Waals surface area (Å²) in [6.07, 6.45) is 0.533. The molecule has 1 amide bonds. The molecule has 0 spiro atoms. The summed E-state index contributed by atoms with van der Waals surface area (Å²) >= 11 is 6.04. The quantitative estimate of drug-likeness (QED) is 0.741. The minimum Gasteiger partial charge on any atom is -0.444 e. The van der Waals surface area contributed by atoms with Crippen LogP contribution in [0.5, 0.6) is 0 Å². The van der Waals surface area contributed by atoms with E-state index in [-0.39, 0.29) is 30.6 Å². The third kappa shape index (κ3) is 3.69. The Morgan fingerprint density at radius 2 is 1.90 bits per heavy atom. The number of hydrogen-bond donors (Lipinski definition) is 0. The Hall–Kier alpha value is -2.60. The molecule has 0 N–H and O–H groups in total. The van der Waals surface area contributed by atoms with E-state index in [0.29, 0.717) is 23.4 Å². The van der Waals surface area contributed by atoms with Gasteiger partial charge in [-0.3, -0.25) is 4.90 Å². The normalized spacial score (nSPS) is 18.1. The molecule has 0 aromatic heterocycles. The summed E-state index contributed by atoms with van der Waals surface area (Å²) in [4.78, 5) is 14.1. The van der Waals surface area contributed by atoms with Gasteiger partial charge in [0.1, 0.15) is 6.61 Å². The number of nitrogens with zero attached hydrogens (tertiary/aromatic N) is 3. The molecule has 2 aliphatic heterocycles. The highest BCUT2D eigenvalue weighted by Gasteiger charge is 2.37. The summed E-state index contributed by atoms with van der Waals surface area (Å²) in [7, 11) is -3.70.